The normalized spacial score (nSPS) is 10.2. The van der Waals surface area contributed by atoms with Crippen LogP contribution < -0.4 is 3.53 Å². The van der Waals surface area contributed by atoms with Gasteiger partial charge in [-0.3, -0.25) is 8.32 Å². The van der Waals surface area contributed by atoms with Crippen LogP contribution in [0.5, 0.6) is 0 Å². The number of nitrogens with one attached hydrogen (secondary N) is 1. The monoisotopic (exact) mass is 342 g/mol. The minimum atomic E-state index is -0.236. The van der Waals surface area contributed by atoms with Gasteiger partial charge in [0, 0.05) is 13.5 Å². The third-order valence-electron chi connectivity index (χ3n) is 2.46. The Kier molecular flexibility index (Phi) is 3.72. The molecule has 0 bridgehead atoms. The maximum absolute atomic E-state index is 11.5. The van der Waals surface area contributed by atoms with E-state index < -0.39 is 0 Å². The second-order valence-corrected chi connectivity index (χ2v) is 4.12. The summed E-state index contributed by atoms with van der Waals surface area (Å²) in [7, 11) is 1.79. The molecular formula is C11H11IN4O. The molecule has 1 amide bonds. The first-order chi connectivity index (χ1) is 8.22. The molecule has 0 saturated heterocycles. The Labute approximate surface area is 113 Å². The number of halogens is 1. The molecule has 0 unspecified atom stereocenters. The Hall–Kier alpha value is -1.44. The van der Waals surface area contributed by atoms with Gasteiger partial charge in [0.15, 0.2) is 0 Å². The molecule has 1 aromatic carbocycles. The van der Waals surface area contributed by atoms with Crippen molar-refractivity contribution in [1.82, 2.24) is 18.3 Å². The van der Waals surface area contributed by atoms with Crippen molar-refractivity contribution < 1.29 is 4.79 Å². The fraction of sp³-hybridized carbons (Fsp3) is 0.182. The molecule has 17 heavy (non-hydrogen) atoms. The molecule has 1 N–H and O–H groups in total. The van der Waals surface area contributed by atoms with Crippen molar-refractivity contribution in [2.75, 3.05) is 0 Å². The fourth-order valence-corrected chi connectivity index (χ4v) is 1.78. The molecule has 0 atom stereocenters. The zero-order valence-electron chi connectivity index (χ0n) is 9.22. The molecule has 6 heteroatoms. The van der Waals surface area contributed by atoms with Gasteiger partial charge < -0.3 is 4.57 Å². The number of nitrogens with zero attached hydrogens (tertiary/aromatic N) is 3. The van der Waals surface area contributed by atoms with Crippen molar-refractivity contribution in [3.63, 3.8) is 0 Å². The van der Waals surface area contributed by atoms with Gasteiger partial charge in [-0.2, -0.15) is 0 Å². The number of aromatic nitrogens is 3. The minimum Gasteiger partial charge on any atom is -0.310 e. The van der Waals surface area contributed by atoms with Crippen molar-refractivity contribution in [1.29, 1.82) is 0 Å². The Morgan fingerprint density at radius 2 is 2.06 bits per heavy atom. The molecule has 0 radical (unpaired) electrons. The van der Waals surface area contributed by atoms with Crippen LogP contribution in [-0.2, 0) is 13.5 Å². The van der Waals surface area contributed by atoms with E-state index in [4.69, 9.17) is 0 Å². The Balaban J connectivity index is 2.24. The van der Waals surface area contributed by atoms with Crippen LogP contribution in [0.25, 0.3) is 0 Å². The van der Waals surface area contributed by atoms with Crippen LogP contribution in [-0.4, -0.2) is 20.7 Å². The van der Waals surface area contributed by atoms with Gasteiger partial charge in [0.05, 0.1) is 22.9 Å². The van der Waals surface area contributed by atoms with E-state index >= 15 is 0 Å². The third-order valence-corrected chi connectivity index (χ3v) is 2.95. The van der Waals surface area contributed by atoms with Gasteiger partial charge in [-0.1, -0.05) is 30.3 Å². The summed E-state index contributed by atoms with van der Waals surface area (Å²) < 4.78 is 4.22. The number of amides is 1. The molecule has 2 rings (SSSR count). The average molecular weight is 342 g/mol. The smallest absolute Gasteiger partial charge is 0.297 e. The van der Waals surface area contributed by atoms with E-state index in [-0.39, 0.29) is 5.91 Å². The molecule has 1 heterocycles. The molecule has 5 nitrogen and oxygen atoms in total. The van der Waals surface area contributed by atoms with Gasteiger partial charge in [0.2, 0.25) is 5.82 Å². The topological polar surface area (TPSA) is 59.8 Å². The largest absolute Gasteiger partial charge is 0.310 e. The third kappa shape index (κ3) is 2.63. The van der Waals surface area contributed by atoms with Crippen LogP contribution in [0, 0.1) is 0 Å². The molecule has 1 aromatic heterocycles. The van der Waals surface area contributed by atoms with Gasteiger partial charge in [0.25, 0.3) is 5.91 Å². The summed E-state index contributed by atoms with van der Waals surface area (Å²) in [5, 5.41) is 7.91. The lowest BCUT2D eigenvalue weighted by atomic mass is 10.1. The molecule has 0 aliphatic rings. The minimum absolute atomic E-state index is 0.236. The van der Waals surface area contributed by atoms with Crippen LogP contribution in [0.4, 0.5) is 0 Å². The van der Waals surface area contributed by atoms with Gasteiger partial charge >= 0.3 is 0 Å². The number of benzene rings is 1. The number of hydrogen-bond donors (Lipinski definition) is 1. The summed E-state index contributed by atoms with van der Waals surface area (Å²) in [5.74, 6) is 0.858. The van der Waals surface area contributed by atoms with E-state index in [1.807, 2.05) is 30.3 Å². The molecule has 2 aromatic rings. The molecule has 0 fully saturated rings. The quantitative estimate of drug-likeness (QED) is 0.679. The first-order valence-corrected chi connectivity index (χ1v) is 6.13. The van der Waals surface area contributed by atoms with E-state index in [0.29, 0.717) is 12.2 Å². The summed E-state index contributed by atoms with van der Waals surface area (Å²) in [4.78, 5) is 11.5. The van der Waals surface area contributed by atoms with Crippen molar-refractivity contribution in [2.24, 2.45) is 7.05 Å². The number of carbonyl (C=O) groups excluding carboxylic acids is 1. The lowest BCUT2D eigenvalue weighted by Crippen LogP contribution is -2.17. The zero-order chi connectivity index (χ0) is 12.3. The predicted molar refractivity (Wildman–Crippen MR) is 71.7 cm³/mol. The van der Waals surface area contributed by atoms with E-state index in [2.05, 4.69) is 13.7 Å². The van der Waals surface area contributed by atoms with Gasteiger partial charge in [-0.05, 0) is 5.56 Å². The molecule has 0 aliphatic carbocycles. The van der Waals surface area contributed by atoms with Crippen molar-refractivity contribution in [2.45, 2.75) is 6.42 Å². The standard InChI is InChI=1S/C11H11IN4O/c1-16-9(7-8-5-3-2-4-6-8)14-15-10(16)11(17)13-12/h2-6H,7H2,1H3,(H,13,17). The average Bonchev–Trinajstić information content (AvgIpc) is 2.72. The predicted octanol–water partition coefficient (Wildman–Crippen LogP) is 1.49. The summed E-state index contributed by atoms with van der Waals surface area (Å²) in [5.41, 5.74) is 1.14. The summed E-state index contributed by atoms with van der Waals surface area (Å²) in [6, 6.07) is 9.96. The highest BCUT2D eigenvalue weighted by atomic mass is 127. The Morgan fingerprint density at radius 1 is 1.35 bits per heavy atom. The Bertz CT molecular complexity index is 524. The number of carbonyl (C=O) groups is 1. The molecule has 0 spiro atoms. The highest BCUT2D eigenvalue weighted by Crippen LogP contribution is 2.08. The van der Waals surface area contributed by atoms with Crippen LogP contribution in [0.1, 0.15) is 22.0 Å². The lowest BCUT2D eigenvalue weighted by Gasteiger charge is -2.02. The molecule has 88 valence electrons. The first-order valence-electron chi connectivity index (χ1n) is 5.05. The molecular weight excluding hydrogens is 331 g/mol. The number of rotatable bonds is 3. The van der Waals surface area contributed by atoms with Crippen molar-refractivity contribution in [3.8, 4) is 0 Å². The van der Waals surface area contributed by atoms with E-state index in [0.717, 1.165) is 11.4 Å². The Morgan fingerprint density at radius 3 is 2.71 bits per heavy atom. The zero-order valence-corrected chi connectivity index (χ0v) is 11.4. The molecule has 0 saturated carbocycles. The van der Waals surface area contributed by atoms with Crippen LogP contribution in [0.2, 0.25) is 0 Å². The summed E-state index contributed by atoms with van der Waals surface area (Å²) >= 11 is 1.79. The second-order valence-electron chi connectivity index (χ2n) is 3.58. The molecule has 0 aliphatic heterocycles. The highest BCUT2D eigenvalue weighted by Gasteiger charge is 2.15. The van der Waals surface area contributed by atoms with Gasteiger partial charge in [0.1, 0.15) is 5.82 Å². The maximum Gasteiger partial charge on any atom is 0.297 e. The van der Waals surface area contributed by atoms with Crippen LogP contribution in [0.3, 0.4) is 0 Å². The fourth-order valence-electron chi connectivity index (χ4n) is 1.53. The van der Waals surface area contributed by atoms with Gasteiger partial charge in [-0.25, -0.2) is 0 Å². The SMILES string of the molecule is Cn1c(Cc2ccccc2)nnc1C(=O)NI. The number of hydrogen-bond acceptors (Lipinski definition) is 3. The summed E-state index contributed by atoms with van der Waals surface area (Å²) in [6.45, 7) is 0. The highest BCUT2D eigenvalue weighted by molar-refractivity contribution is 14.1. The van der Waals surface area contributed by atoms with E-state index in [1.54, 1.807) is 34.5 Å². The lowest BCUT2D eigenvalue weighted by molar-refractivity contribution is 0.0976. The van der Waals surface area contributed by atoms with Crippen LogP contribution in [0.15, 0.2) is 30.3 Å². The first kappa shape index (κ1) is 12.0. The van der Waals surface area contributed by atoms with Gasteiger partial charge in [-0.15, -0.1) is 10.2 Å². The van der Waals surface area contributed by atoms with E-state index in [9.17, 15) is 4.79 Å². The maximum atomic E-state index is 11.5. The van der Waals surface area contributed by atoms with Crippen molar-refractivity contribution in [3.05, 3.63) is 47.5 Å². The summed E-state index contributed by atoms with van der Waals surface area (Å²) in [6.07, 6.45) is 0.666. The van der Waals surface area contributed by atoms with Crippen LogP contribution >= 0.6 is 22.9 Å². The van der Waals surface area contributed by atoms with Crippen molar-refractivity contribution >= 4 is 28.8 Å². The second kappa shape index (κ2) is 5.26. The van der Waals surface area contributed by atoms with E-state index in [1.165, 1.54) is 0 Å².